The molecule has 0 aromatic carbocycles. The zero-order valence-corrected chi connectivity index (χ0v) is 12.5. The fourth-order valence-corrected chi connectivity index (χ4v) is 2.13. The molecule has 104 valence electrons. The summed E-state index contributed by atoms with van der Waals surface area (Å²) in [4.78, 5) is 0. The third-order valence-corrected chi connectivity index (χ3v) is 3.36. The van der Waals surface area contributed by atoms with Gasteiger partial charge in [0, 0.05) is 6.61 Å². The maximum atomic E-state index is 6.01. The Kier molecular flexibility index (Phi) is 14.0. The van der Waals surface area contributed by atoms with Gasteiger partial charge in [-0.2, -0.15) is 0 Å². The fourth-order valence-electron chi connectivity index (χ4n) is 2.13. The molecule has 1 nitrogen and oxygen atoms in total. The molecule has 0 fully saturated rings. The molecule has 0 saturated heterocycles. The molecule has 0 radical (unpaired) electrons. The minimum atomic E-state index is 0.546. The topological polar surface area (TPSA) is 9.23 Å². The van der Waals surface area contributed by atoms with Crippen LogP contribution < -0.4 is 0 Å². The smallest absolute Gasteiger partial charge is 0.0575 e. The highest BCUT2D eigenvalue weighted by Crippen LogP contribution is 2.15. The summed E-state index contributed by atoms with van der Waals surface area (Å²) in [7, 11) is 0. The molecule has 0 aliphatic rings. The first-order valence-corrected chi connectivity index (χ1v) is 7.96. The van der Waals surface area contributed by atoms with Crippen LogP contribution in [0.15, 0.2) is 0 Å². The molecule has 0 rings (SSSR count). The highest BCUT2D eigenvalue weighted by molar-refractivity contribution is 4.59. The normalized spacial score (nSPS) is 12.9. The van der Waals surface area contributed by atoms with Crippen molar-refractivity contribution in [3.63, 3.8) is 0 Å². The second kappa shape index (κ2) is 14.0. The summed E-state index contributed by atoms with van der Waals surface area (Å²) in [6.45, 7) is 7.75. The number of ether oxygens (including phenoxy) is 1. The van der Waals surface area contributed by atoms with E-state index in [1.165, 1.54) is 70.6 Å². The van der Waals surface area contributed by atoms with Gasteiger partial charge in [0.2, 0.25) is 0 Å². The minimum Gasteiger partial charge on any atom is -0.378 e. The number of hydrogen-bond acceptors (Lipinski definition) is 1. The van der Waals surface area contributed by atoms with Gasteiger partial charge in [0.15, 0.2) is 0 Å². The largest absolute Gasteiger partial charge is 0.378 e. The quantitative estimate of drug-likeness (QED) is 0.375. The van der Waals surface area contributed by atoms with Gasteiger partial charge in [0.05, 0.1) is 6.10 Å². The Hall–Kier alpha value is -0.0400. The van der Waals surface area contributed by atoms with Crippen molar-refractivity contribution in [1.29, 1.82) is 0 Å². The zero-order chi connectivity index (χ0) is 12.8. The van der Waals surface area contributed by atoms with Crippen LogP contribution in [0.3, 0.4) is 0 Å². The average Bonchev–Trinajstić information content (AvgIpc) is 2.34. The second-order valence-corrected chi connectivity index (χ2v) is 5.19. The van der Waals surface area contributed by atoms with E-state index in [1.54, 1.807) is 0 Å². The molecule has 17 heavy (non-hydrogen) atoms. The van der Waals surface area contributed by atoms with Crippen molar-refractivity contribution in [3.8, 4) is 0 Å². The van der Waals surface area contributed by atoms with Crippen molar-refractivity contribution >= 4 is 0 Å². The van der Waals surface area contributed by atoms with E-state index in [2.05, 4.69) is 20.8 Å². The van der Waals surface area contributed by atoms with E-state index in [0.29, 0.717) is 6.10 Å². The monoisotopic (exact) mass is 242 g/mol. The Morgan fingerprint density at radius 1 is 0.647 bits per heavy atom. The zero-order valence-electron chi connectivity index (χ0n) is 12.5. The summed E-state index contributed by atoms with van der Waals surface area (Å²) in [6.07, 6.45) is 15.1. The standard InChI is InChI=1S/C16H34O/c1-4-7-10-12-14-16(13-11-8-5-2)17-15-9-6-3/h16H,4-15H2,1-3H3. The molecule has 0 bridgehead atoms. The molecule has 1 unspecified atom stereocenters. The van der Waals surface area contributed by atoms with Crippen molar-refractivity contribution in [3.05, 3.63) is 0 Å². The molecule has 1 heteroatoms. The van der Waals surface area contributed by atoms with Crippen LogP contribution in [0.4, 0.5) is 0 Å². The lowest BCUT2D eigenvalue weighted by molar-refractivity contribution is 0.0365. The van der Waals surface area contributed by atoms with E-state index in [-0.39, 0.29) is 0 Å². The third-order valence-electron chi connectivity index (χ3n) is 3.36. The Balaban J connectivity index is 3.60. The lowest BCUT2D eigenvalue weighted by Crippen LogP contribution is -2.14. The Bertz CT molecular complexity index is 123. The molecule has 1 atom stereocenters. The van der Waals surface area contributed by atoms with Gasteiger partial charge in [-0.25, -0.2) is 0 Å². The molecular weight excluding hydrogens is 208 g/mol. The first kappa shape index (κ1) is 17.0. The first-order valence-electron chi connectivity index (χ1n) is 7.96. The van der Waals surface area contributed by atoms with Crippen LogP contribution in [-0.4, -0.2) is 12.7 Å². The van der Waals surface area contributed by atoms with E-state index in [0.717, 1.165) is 6.61 Å². The summed E-state index contributed by atoms with van der Waals surface area (Å²) in [5, 5.41) is 0. The lowest BCUT2D eigenvalue weighted by atomic mass is 10.0. The minimum absolute atomic E-state index is 0.546. The van der Waals surface area contributed by atoms with Crippen LogP contribution in [0.25, 0.3) is 0 Å². The molecular formula is C16H34O. The van der Waals surface area contributed by atoms with E-state index < -0.39 is 0 Å². The summed E-state index contributed by atoms with van der Waals surface area (Å²) in [5.41, 5.74) is 0. The van der Waals surface area contributed by atoms with E-state index >= 15 is 0 Å². The van der Waals surface area contributed by atoms with Crippen molar-refractivity contribution in [1.82, 2.24) is 0 Å². The van der Waals surface area contributed by atoms with Crippen LogP contribution in [0, 0.1) is 0 Å². The molecule has 0 amide bonds. The molecule has 0 spiro atoms. The van der Waals surface area contributed by atoms with Gasteiger partial charge in [-0.15, -0.1) is 0 Å². The Morgan fingerprint density at radius 3 is 1.76 bits per heavy atom. The maximum Gasteiger partial charge on any atom is 0.0575 e. The molecule has 0 saturated carbocycles. The number of hydrogen-bond donors (Lipinski definition) is 0. The van der Waals surface area contributed by atoms with Crippen LogP contribution in [-0.2, 0) is 4.74 Å². The molecule has 0 aromatic heterocycles. The molecule has 0 N–H and O–H groups in total. The van der Waals surface area contributed by atoms with E-state index in [4.69, 9.17) is 4.74 Å². The molecule has 0 aromatic rings. The van der Waals surface area contributed by atoms with Gasteiger partial charge in [-0.3, -0.25) is 0 Å². The molecule has 0 aliphatic heterocycles. The highest BCUT2D eigenvalue weighted by atomic mass is 16.5. The Labute approximate surface area is 109 Å². The summed E-state index contributed by atoms with van der Waals surface area (Å²) >= 11 is 0. The highest BCUT2D eigenvalue weighted by Gasteiger charge is 2.08. The van der Waals surface area contributed by atoms with Crippen molar-refractivity contribution in [2.45, 2.75) is 97.5 Å². The predicted octanol–water partition coefficient (Wildman–Crippen LogP) is 5.72. The van der Waals surface area contributed by atoms with Crippen molar-refractivity contribution < 1.29 is 4.74 Å². The lowest BCUT2D eigenvalue weighted by Gasteiger charge is -2.17. The summed E-state index contributed by atoms with van der Waals surface area (Å²) in [6, 6.07) is 0. The van der Waals surface area contributed by atoms with Crippen LogP contribution in [0.5, 0.6) is 0 Å². The van der Waals surface area contributed by atoms with Crippen molar-refractivity contribution in [2.24, 2.45) is 0 Å². The second-order valence-electron chi connectivity index (χ2n) is 5.19. The molecule has 0 aliphatic carbocycles. The number of rotatable bonds is 13. The fraction of sp³-hybridized carbons (Fsp3) is 1.00. The van der Waals surface area contributed by atoms with Crippen molar-refractivity contribution in [2.75, 3.05) is 6.61 Å². The average molecular weight is 242 g/mol. The SMILES string of the molecule is CCCCCCC(CCCCC)OCCCC. The maximum absolute atomic E-state index is 6.01. The van der Waals surface area contributed by atoms with Crippen LogP contribution in [0.1, 0.15) is 91.4 Å². The third kappa shape index (κ3) is 12.2. The van der Waals surface area contributed by atoms with E-state index in [9.17, 15) is 0 Å². The van der Waals surface area contributed by atoms with Crippen LogP contribution in [0.2, 0.25) is 0 Å². The summed E-state index contributed by atoms with van der Waals surface area (Å²) < 4.78 is 6.01. The molecule has 0 heterocycles. The van der Waals surface area contributed by atoms with Gasteiger partial charge in [0.1, 0.15) is 0 Å². The first-order chi connectivity index (χ1) is 8.35. The Morgan fingerprint density at radius 2 is 1.18 bits per heavy atom. The summed E-state index contributed by atoms with van der Waals surface area (Å²) in [5.74, 6) is 0. The van der Waals surface area contributed by atoms with Gasteiger partial charge < -0.3 is 4.74 Å². The van der Waals surface area contributed by atoms with E-state index in [1.807, 2.05) is 0 Å². The van der Waals surface area contributed by atoms with Gasteiger partial charge in [-0.1, -0.05) is 72.1 Å². The number of unbranched alkanes of at least 4 members (excludes halogenated alkanes) is 6. The predicted molar refractivity (Wildman–Crippen MR) is 77.5 cm³/mol. The van der Waals surface area contributed by atoms with Crippen LogP contribution >= 0.6 is 0 Å². The van der Waals surface area contributed by atoms with Gasteiger partial charge in [-0.05, 0) is 19.3 Å². The van der Waals surface area contributed by atoms with Gasteiger partial charge in [0.25, 0.3) is 0 Å². The van der Waals surface area contributed by atoms with Gasteiger partial charge >= 0.3 is 0 Å².